The van der Waals surface area contributed by atoms with Gasteiger partial charge in [0, 0.05) is 13.1 Å². The molecule has 1 saturated carbocycles. The number of morpholine rings is 1. The first-order chi connectivity index (χ1) is 10.5. The topological polar surface area (TPSA) is 79.0 Å². The maximum Gasteiger partial charge on any atom is 0.325 e. The minimum atomic E-state index is -0.791. The van der Waals surface area contributed by atoms with Gasteiger partial charge < -0.3 is 15.0 Å². The van der Waals surface area contributed by atoms with E-state index in [-0.39, 0.29) is 24.3 Å². The van der Waals surface area contributed by atoms with Gasteiger partial charge in [0.2, 0.25) is 5.91 Å². The zero-order chi connectivity index (χ0) is 15.7. The maximum absolute atomic E-state index is 12.8. The van der Waals surface area contributed by atoms with E-state index in [0.717, 1.165) is 24.2 Å². The molecule has 1 N–H and O–H groups in total. The van der Waals surface area contributed by atoms with Gasteiger partial charge in [-0.1, -0.05) is 19.8 Å². The number of imide groups is 1. The van der Waals surface area contributed by atoms with Crippen LogP contribution in [0.4, 0.5) is 4.79 Å². The minimum Gasteiger partial charge on any atom is -0.378 e. The van der Waals surface area contributed by atoms with Crippen molar-refractivity contribution in [3.8, 4) is 0 Å². The highest BCUT2D eigenvalue weighted by molar-refractivity contribution is 6.09. The first-order valence-corrected chi connectivity index (χ1v) is 8.04. The van der Waals surface area contributed by atoms with Gasteiger partial charge in [0.25, 0.3) is 5.91 Å². The number of hydrogen-bond acceptors (Lipinski definition) is 4. The number of nitrogens with one attached hydrogen (secondary N) is 1. The molecule has 0 bridgehead atoms. The van der Waals surface area contributed by atoms with Crippen LogP contribution < -0.4 is 5.32 Å². The van der Waals surface area contributed by atoms with Gasteiger partial charge in [-0.3, -0.25) is 14.5 Å². The Morgan fingerprint density at radius 3 is 2.73 bits per heavy atom. The number of carbonyl (C=O) groups excluding carboxylic acids is 3. The number of hydrogen-bond donors (Lipinski definition) is 1. The fourth-order valence-corrected chi connectivity index (χ4v) is 3.69. The fourth-order valence-electron chi connectivity index (χ4n) is 3.69. The Hall–Kier alpha value is -1.63. The summed E-state index contributed by atoms with van der Waals surface area (Å²) >= 11 is 0. The van der Waals surface area contributed by atoms with Crippen LogP contribution in [0.3, 0.4) is 0 Å². The van der Waals surface area contributed by atoms with Crippen molar-refractivity contribution < 1.29 is 19.1 Å². The molecule has 1 spiro atoms. The maximum atomic E-state index is 12.8. The SMILES string of the molecule is CC1CCCCC12NC(=O)N(CC(=O)N1CCOCC1)C2=O. The first kappa shape index (κ1) is 15.3. The third kappa shape index (κ3) is 2.47. The number of carbonyl (C=O) groups is 3. The van der Waals surface area contributed by atoms with E-state index >= 15 is 0 Å². The van der Waals surface area contributed by atoms with Crippen molar-refractivity contribution in [2.24, 2.45) is 5.92 Å². The molecular formula is C15H23N3O4. The monoisotopic (exact) mass is 309 g/mol. The van der Waals surface area contributed by atoms with Crippen LogP contribution >= 0.6 is 0 Å². The van der Waals surface area contributed by atoms with Crippen molar-refractivity contribution in [1.29, 1.82) is 0 Å². The molecule has 0 aromatic carbocycles. The van der Waals surface area contributed by atoms with Crippen molar-refractivity contribution in [3.63, 3.8) is 0 Å². The van der Waals surface area contributed by atoms with E-state index in [0.29, 0.717) is 32.7 Å². The van der Waals surface area contributed by atoms with Crippen LogP contribution in [-0.2, 0) is 14.3 Å². The van der Waals surface area contributed by atoms with Crippen LogP contribution in [0.25, 0.3) is 0 Å². The van der Waals surface area contributed by atoms with Crippen LogP contribution in [0, 0.1) is 5.92 Å². The quantitative estimate of drug-likeness (QED) is 0.746. The van der Waals surface area contributed by atoms with Gasteiger partial charge in [0.05, 0.1) is 13.2 Å². The summed E-state index contributed by atoms with van der Waals surface area (Å²) in [4.78, 5) is 40.0. The first-order valence-electron chi connectivity index (χ1n) is 8.04. The van der Waals surface area contributed by atoms with Crippen LogP contribution in [0.2, 0.25) is 0 Å². The largest absolute Gasteiger partial charge is 0.378 e. The average Bonchev–Trinajstić information content (AvgIpc) is 2.76. The number of amides is 4. The van der Waals surface area contributed by atoms with Gasteiger partial charge in [0.15, 0.2) is 0 Å². The van der Waals surface area contributed by atoms with Crippen LogP contribution in [-0.4, -0.2) is 66.0 Å². The summed E-state index contributed by atoms with van der Waals surface area (Å²) < 4.78 is 5.21. The van der Waals surface area contributed by atoms with E-state index < -0.39 is 11.6 Å². The second-order valence-corrected chi connectivity index (χ2v) is 6.43. The molecule has 2 heterocycles. The van der Waals surface area contributed by atoms with Gasteiger partial charge in [-0.2, -0.15) is 0 Å². The number of nitrogens with zero attached hydrogens (tertiary/aromatic N) is 2. The molecule has 0 aromatic rings. The van der Waals surface area contributed by atoms with E-state index in [1.165, 1.54) is 0 Å². The van der Waals surface area contributed by atoms with Crippen LogP contribution in [0.15, 0.2) is 0 Å². The second-order valence-electron chi connectivity index (χ2n) is 6.43. The fraction of sp³-hybridized carbons (Fsp3) is 0.800. The molecule has 4 amide bonds. The van der Waals surface area contributed by atoms with Gasteiger partial charge in [-0.15, -0.1) is 0 Å². The molecule has 122 valence electrons. The smallest absolute Gasteiger partial charge is 0.325 e. The summed E-state index contributed by atoms with van der Waals surface area (Å²) in [6, 6.07) is -0.430. The van der Waals surface area contributed by atoms with Crippen molar-refractivity contribution in [2.75, 3.05) is 32.8 Å². The highest BCUT2D eigenvalue weighted by Gasteiger charge is 2.55. The van der Waals surface area contributed by atoms with Crippen molar-refractivity contribution >= 4 is 17.8 Å². The molecule has 0 aromatic heterocycles. The molecule has 3 rings (SSSR count). The minimum absolute atomic E-state index is 0.112. The molecule has 2 saturated heterocycles. The normalized spacial score (nSPS) is 32.5. The van der Waals surface area contributed by atoms with Crippen LogP contribution in [0.1, 0.15) is 32.6 Å². The summed E-state index contributed by atoms with van der Waals surface area (Å²) in [5, 5.41) is 2.87. The lowest BCUT2D eigenvalue weighted by Gasteiger charge is -2.37. The van der Waals surface area contributed by atoms with Crippen molar-refractivity contribution in [3.05, 3.63) is 0 Å². The molecule has 1 aliphatic carbocycles. The predicted octanol–water partition coefficient (Wildman–Crippen LogP) is 0.346. The van der Waals surface area contributed by atoms with Gasteiger partial charge >= 0.3 is 6.03 Å². The van der Waals surface area contributed by atoms with E-state index in [9.17, 15) is 14.4 Å². The van der Waals surface area contributed by atoms with E-state index in [4.69, 9.17) is 4.74 Å². The van der Waals surface area contributed by atoms with Gasteiger partial charge in [-0.05, 0) is 18.8 Å². The third-order valence-electron chi connectivity index (χ3n) is 5.16. The Bertz CT molecular complexity index is 489. The molecular weight excluding hydrogens is 286 g/mol. The Balaban J connectivity index is 1.70. The Morgan fingerprint density at radius 2 is 2.05 bits per heavy atom. The zero-order valence-electron chi connectivity index (χ0n) is 13.0. The molecule has 2 unspecified atom stereocenters. The molecule has 7 nitrogen and oxygen atoms in total. The summed E-state index contributed by atoms with van der Waals surface area (Å²) in [5.41, 5.74) is -0.791. The van der Waals surface area contributed by atoms with Crippen LogP contribution in [0.5, 0.6) is 0 Å². The highest BCUT2D eigenvalue weighted by atomic mass is 16.5. The molecule has 0 radical (unpaired) electrons. The average molecular weight is 309 g/mol. The lowest BCUT2D eigenvalue weighted by Crippen LogP contribution is -2.54. The Labute approximate surface area is 129 Å². The second kappa shape index (κ2) is 5.87. The summed E-state index contributed by atoms with van der Waals surface area (Å²) in [6.07, 6.45) is 3.61. The van der Waals surface area contributed by atoms with Crippen molar-refractivity contribution in [1.82, 2.24) is 15.1 Å². The summed E-state index contributed by atoms with van der Waals surface area (Å²) in [7, 11) is 0. The zero-order valence-corrected chi connectivity index (χ0v) is 13.0. The Kier molecular flexibility index (Phi) is 4.08. The van der Waals surface area contributed by atoms with E-state index in [2.05, 4.69) is 5.32 Å². The summed E-state index contributed by atoms with van der Waals surface area (Å²) in [6.45, 7) is 3.89. The predicted molar refractivity (Wildman–Crippen MR) is 78.0 cm³/mol. The lowest BCUT2D eigenvalue weighted by atomic mass is 9.73. The van der Waals surface area contributed by atoms with E-state index in [1.54, 1.807) is 4.90 Å². The summed E-state index contributed by atoms with van der Waals surface area (Å²) in [5.74, 6) is -0.306. The third-order valence-corrected chi connectivity index (χ3v) is 5.16. The molecule has 3 fully saturated rings. The molecule has 3 aliphatic rings. The molecule has 22 heavy (non-hydrogen) atoms. The number of rotatable bonds is 2. The molecule has 2 atom stereocenters. The van der Waals surface area contributed by atoms with Gasteiger partial charge in [0.1, 0.15) is 12.1 Å². The lowest BCUT2D eigenvalue weighted by molar-refractivity contribution is -0.142. The molecule has 2 aliphatic heterocycles. The highest BCUT2D eigenvalue weighted by Crippen LogP contribution is 2.38. The standard InChI is InChI=1S/C15H23N3O4/c1-11-4-2-3-5-15(11)13(20)18(14(21)16-15)10-12(19)17-6-8-22-9-7-17/h11H,2-10H2,1H3,(H,16,21). The Morgan fingerprint density at radius 1 is 1.32 bits per heavy atom. The van der Waals surface area contributed by atoms with Gasteiger partial charge in [-0.25, -0.2) is 4.79 Å². The van der Waals surface area contributed by atoms with E-state index in [1.807, 2.05) is 6.92 Å². The van der Waals surface area contributed by atoms with Crippen molar-refractivity contribution in [2.45, 2.75) is 38.1 Å². The number of urea groups is 1. The number of ether oxygens (including phenoxy) is 1. The molecule has 7 heteroatoms.